The largest absolute Gasteiger partial charge is 0.480 e. The maximum absolute atomic E-state index is 11.5. The molecule has 0 bridgehead atoms. The minimum absolute atomic E-state index is 0.446. The van der Waals surface area contributed by atoms with Gasteiger partial charge in [-0.15, -0.1) is 0 Å². The molecule has 7 nitrogen and oxygen atoms in total. The molecule has 1 saturated heterocycles. The lowest BCUT2D eigenvalue weighted by Crippen LogP contribution is -2.54. The highest BCUT2D eigenvalue weighted by Crippen LogP contribution is 1.94. The van der Waals surface area contributed by atoms with Gasteiger partial charge in [-0.3, -0.25) is 0 Å². The van der Waals surface area contributed by atoms with Crippen LogP contribution in [0.4, 0.5) is 4.79 Å². The lowest BCUT2D eigenvalue weighted by Gasteiger charge is -2.28. The summed E-state index contributed by atoms with van der Waals surface area (Å²) >= 11 is 0. The number of carbonyl (C=O) groups is 2. The summed E-state index contributed by atoms with van der Waals surface area (Å²) in [6.45, 7) is 1.88. The average molecular weight is 217 g/mol. The fraction of sp³-hybridized carbons (Fsp3) is 0.750. The predicted octanol–water partition coefficient (Wildman–Crippen LogP) is -1.95. The predicted molar refractivity (Wildman–Crippen MR) is 51.5 cm³/mol. The minimum Gasteiger partial charge on any atom is -0.480 e. The van der Waals surface area contributed by atoms with Crippen LogP contribution in [0.1, 0.15) is 0 Å². The van der Waals surface area contributed by atoms with Crippen LogP contribution < -0.4 is 10.6 Å². The van der Waals surface area contributed by atoms with E-state index in [0.29, 0.717) is 26.2 Å². The summed E-state index contributed by atoms with van der Waals surface area (Å²) in [4.78, 5) is 23.5. The number of carboxylic acids is 1. The maximum atomic E-state index is 11.5. The second-order valence-corrected chi connectivity index (χ2v) is 3.26. The van der Waals surface area contributed by atoms with Crippen molar-refractivity contribution in [2.45, 2.75) is 6.04 Å². The quantitative estimate of drug-likeness (QED) is 0.440. The van der Waals surface area contributed by atoms with Crippen molar-refractivity contribution >= 4 is 12.0 Å². The summed E-state index contributed by atoms with van der Waals surface area (Å²) in [6, 6.07) is -1.68. The number of rotatable bonds is 3. The first kappa shape index (κ1) is 11.7. The van der Waals surface area contributed by atoms with Crippen LogP contribution in [-0.4, -0.2) is 65.9 Å². The maximum Gasteiger partial charge on any atom is 0.328 e. The van der Waals surface area contributed by atoms with Crippen molar-refractivity contribution < 1.29 is 19.8 Å². The van der Waals surface area contributed by atoms with Crippen LogP contribution in [0.3, 0.4) is 0 Å². The number of urea groups is 1. The standard InChI is InChI=1S/C8H15N3O4/c12-5-6(7(13)14)10-8(15)11-3-1-9-2-4-11/h6,9,12H,1-5H2,(H,10,15)(H,13,14). The van der Waals surface area contributed by atoms with Gasteiger partial charge in [0.15, 0.2) is 6.04 Å². The van der Waals surface area contributed by atoms with Crippen LogP contribution in [0.25, 0.3) is 0 Å². The van der Waals surface area contributed by atoms with E-state index >= 15 is 0 Å². The van der Waals surface area contributed by atoms with Crippen LogP contribution >= 0.6 is 0 Å². The average Bonchev–Trinajstić information content (AvgIpc) is 2.26. The highest BCUT2D eigenvalue weighted by molar-refractivity contribution is 5.82. The van der Waals surface area contributed by atoms with Gasteiger partial charge in [0.05, 0.1) is 6.61 Å². The molecule has 2 amide bonds. The van der Waals surface area contributed by atoms with Gasteiger partial charge in [-0.25, -0.2) is 9.59 Å². The molecule has 1 fully saturated rings. The minimum atomic E-state index is -1.24. The van der Waals surface area contributed by atoms with Gasteiger partial charge >= 0.3 is 12.0 Å². The Bertz CT molecular complexity index is 240. The molecule has 0 aromatic heterocycles. The highest BCUT2D eigenvalue weighted by Gasteiger charge is 2.22. The van der Waals surface area contributed by atoms with E-state index in [1.807, 2.05) is 0 Å². The van der Waals surface area contributed by atoms with E-state index in [0.717, 1.165) is 0 Å². The molecule has 1 aliphatic heterocycles. The molecule has 0 spiro atoms. The zero-order chi connectivity index (χ0) is 11.3. The van der Waals surface area contributed by atoms with Crippen LogP contribution in [0.2, 0.25) is 0 Å². The van der Waals surface area contributed by atoms with Gasteiger partial charge in [0.25, 0.3) is 0 Å². The van der Waals surface area contributed by atoms with E-state index in [4.69, 9.17) is 10.2 Å². The Morgan fingerprint density at radius 2 is 2.00 bits per heavy atom. The van der Waals surface area contributed by atoms with Gasteiger partial charge in [0.1, 0.15) is 0 Å². The Morgan fingerprint density at radius 1 is 1.40 bits per heavy atom. The molecule has 0 aromatic rings. The number of carbonyl (C=O) groups excluding carboxylic acids is 1. The molecule has 0 aliphatic carbocycles. The monoisotopic (exact) mass is 217 g/mol. The molecule has 15 heavy (non-hydrogen) atoms. The van der Waals surface area contributed by atoms with Crippen molar-refractivity contribution in [2.75, 3.05) is 32.8 Å². The van der Waals surface area contributed by atoms with Crippen LogP contribution in [0, 0.1) is 0 Å². The van der Waals surface area contributed by atoms with E-state index < -0.39 is 24.6 Å². The number of nitrogens with one attached hydrogen (secondary N) is 2. The molecule has 1 rings (SSSR count). The van der Waals surface area contributed by atoms with E-state index in [2.05, 4.69) is 10.6 Å². The molecule has 1 unspecified atom stereocenters. The van der Waals surface area contributed by atoms with Crippen molar-refractivity contribution in [2.24, 2.45) is 0 Å². The van der Waals surface area contributed by atoms with Gasteiger partial charge in [0, 0.05) is 26.2 Å². The molecule has 4 N–H and O–H groups in total. The van der Waals surface area contributed by atoms with E-state index in [9.17, 15) is 9.59 Å². The third-order valence-electron chi connectivity index (χ3n) is 2.18. The Morgan fingerprint density at radius 3 is 2.47 bits per heavy atom. The molecule has 1 atom stereocenters. The first-order chi connectivity index (χ1) is 7.15. The van der Waals surface area contributed by atoms with Gasteiger partial charge < -0.3 is 25.7 Å². The Hall–Kier alpha value is -1.34. The van der Waals surface area contributed by atoms with Crippen LogP contribution in [0.15, 0.2) is 0 Å². The molecular formula is C8H15N3O4. The molecule has 1 aliphatic rings. The Kier molecular flexibility index (Phi) is 4.32. The van der Waals surface area contributed by atoms with Gasteiger partial charge in [-0.1, -0.05) is 0 Å². The number of aliphatic hydroxyl groups excluding tert-OH is 1. The summed E-state index contributed by atoms with van der Waals surface area (Å²) in [7, 11) is 0. The molecule has 0 aromatic carbocycles. The number of amides is 2. The van der Waals surface area contributed by atoms with E-state index in [-0.39, 0.29) is 0 Å². The zero-order valence-electron chi connectivity index (χ0n) is 8.27. The van der Waals surface area contributed by atoms with Crippen molar-refractivity contribution in [3.8, 4) is 0 Å². The summed E-state index contributed by atoms with van der Waals surface area (Å²) in [5.41, 5.74) is 0. The number of carboxylic acid groups (broad SMARTS) is 1. The van der Waals surface area contributed by atoms with Crippen molar-refractivity contribution in [1.82, 2.24) is 15.5 Å². The van der Waals surface area contributed by atoms with Gasteiger partial charge in [-0.2, -0.15) is 0 Å². The fourth-order valence-electron chi connectivity index (χ4n) is 1.29. The van der Waals surface area contributed by atoms with Crippen molar-refractivity contribution in [1.29, 1.82) is 0 Å². The normalized spacial score (nSPS) is 18.3. The Balaban J connectivity index is 2.42. The van der Waals surface area contributed by atoms with Crippen LogP contribution in [-0.2, 0) is 4.79 Å². The molecule has 1 heterocycles. The lowest BCUT2D eigenvalue weighted by molar-refractivity contribution is -0.140. The molecule has 0 saturated carbocycles. The number of aliphatic carboxylic acids is 1. The van der Waals surface area contributed by atoms with Crippen molar-refractivity contribution in [3.05, 3.63) is 0 Å². The third kappa shape index (κ3) is 3.37. The third-order valence-corrected chi connectivity index (χ3v) is 2.18. The number of nitrogens with zero attached hydrogens (tertiary/aromatic N) is 1. The smallest absolute Gasteiger partial charge is 0.328 e. The first-order valence-electron chi connectivity index (χ1n) is 4.75. The SMILES string of the molecule is O=C(O)C(CO)NC(=O)N1CCNCC1. The summed E-state index contributed by atoms with van der Waals surface area (Å²) in [6.07, 6.45) is 0. The fourth-order valence-corrected chi connectivity index (χ4v) is 1.29. The highest BCUT2D eigenvalue weighted by atomic mass is 16.4. The summed E-state index contributed by atoms with van der Waals surface area (Å²) in [5, 5.41) is 22.6. The first-order valence-corrected chi connectivity index (χ1v) is 4.75. The Labute approximate surface area is 87.1 Å². The van der Waals surface area contributed by atoms with Gasteiger partial charge in [0.2, 0.25) is 0 Å². The van der Waals surface area contributed by atoms with E-state index in [1.54, 1.807) is 0 Å². The number of hydrogen-bond acceptors (Lipinski definition) is 4. The van der Waals surface area contributed by atoms with E-state index in [1.165, 1.54) is 4.90 Å². The number of aliphatic hydroxyl groups is 1. The lowest BCUT2D eigenvalue weighted by atomic mass is 10.3. The molecule has 0 radical (unpaired) electrons. The summed E-state index contributed by atoms with van der Waals surface area (Å²) < 4.78 is 0. The summed E-state index contributed by atoms with van der Waals surface area (Å²) in [5.74, 6) is -1.24. The topological polar surface area (TPSA) is 102 Å². The second-order valence-electron chi connectivity index (χ2n) is 3.26. The second kappa shape index (κ2) is 5.52. The number of piperazine rings is 1. The van der Waals surface area contributed by atoms with Crippen molar-refractivity contribution in [3.63, 3.8) is 0 Å². The number of hydrogen-bond donors (Lipinski definition) is 4. The molecule has 7 heteroatoms. The van der Waals surface area contributed by atoms with Gasteiger partial charge in [-0.05, 0) is 0 Å². The molecular weight excluding hydrogens is 202 g/mol. The van der Waals surface area contributed by atoms with Crippen LogP contribution in [0.5, 0.6) is 0 Å². The molecule has 86 valence electrons. The zero-order valence-corrected chi connectivity index (χ0v) is 8.27.